The van der Waals surface area contributed by atoms with Crippen LogP contribution < -0.4 is 0 Å². The second-order valence-electron chi connectivity index (χ2n) is 12.7. The van der Waals surface area contributed by atoms with Crippen LogP contribution in [0.3, 0.4) is 0 Å². The zero-order valence-corrected chi connectivity index (χ0v) is 25.3. The van der Waals surface area contributed by atoms with Gasteiger partial charge in [-0.25, -0.2) is 4.98 Å². The van der Waals surface area contributed by atoms with Crippen LogP contribution in [0.1, 0.15) is 49.6 Å². The molecule has 4 aromatic carbocycles. The number of aromatic nitrogens is 3. The first kappa shape index (κ1) is 25.4. The maximum atomic E-state index is 4.83. The van der Waals surface area contributed by atoms with Crippen LogP contribution in [0.4, 0.5) is 0 Å². The fourth-order valence-electron chi connectivity index (χ4n) is 7.82. The van der Waals surface area contributed by atoms with E-state index in [0.29, 0.717) is 0 Å². The van der Waals surface area contributed by atoms with Gasteiger partial charge in [-0.3, -0.25) is 4.57 Å². The summed E-state index contributed by atoms with van der Waals surface area (Å²) in [6, 6.07) is 35.8. The van der Waals surface area contributed by atoms with E-state index < -0.39 is 0 Å². The standard InChI is InChI=1S/C41H33N3/c1-4-26-11-9-14-32-31-12-5-7-16-37(31)43(39(32)23-26)27-18-20-29-30-21-19-28(25-36(30)41(2,3)35(29)24-27)44-38-17-8-6-13-33(38)34-15-10-22-42-40(34)44/h5-22,24-25H,4,23H2,1-3H3. The van der Waals surface area contributed by atoms with Crippen molar-refractivity contribution in [2.75, 3.05) is 0 Å². The van der Waals surface area contributed by atoms with Crippen molar-refractivity contribution >= 4 is 38.9 Å². The van der Waals surface area contributed by atoms with Crippen molar-refractivity contribution in [2.24, 2.45) is 0 Å². The number of hydrogen-bond acceptors (Lipinski definition) is 1. The van der Waals surface area contributed by atoms with Gasteiger partial charge in [-0.2, -0.15) is 0 Å². The molecule has 0 bridgehead atoms. The molecule has 2 aliphatic carbocycles. The summed E-state index contributed by atoms with van der Waals surface area (Å²) in [7, 11) is 0. The topological polar surface area (TPSA) is 22.8 Å². The lowest BCUT2D eigenvalue weighted by Crippen LogP contribution is -2.16. The molecular formula is C41H33N3. The average Bonchev–Trinajstić information content (AvgIpc) is 3.56. The predicted molar refractivity (Wildman–Crippen MR) is 184 cm³/mol. The SMILES string of the molecule is CCC1=CC=Cc2c(n(-c3ccc4c(c3)C(C)(C)c3cc(-n5c6ccccc6c6cccnc65)ccc3-4)c3ccccc23)C1. The monoisotopic (exact) mass is 567 g/mol. The Morgan fingerprint density at radius 1 is 0.705 bits per heavy atom. The van der Waals surface area contributed by atoms with Crippen LogP contribution in [-0.2, 0) is 11.8 Å². The van der Waals surface area contributed by atoms with Gasteiger partial charge in [0.25, 0.3) is 0 Å². The van der Waals surface area contributed by atoms with Gasteiger partial charge in [0, 0.05) is 56.8 Å². The van der Waals surface area contributed by atoms with E-state index in [-0.39, 0.29) is 5.41 Å². The molecule has 7 aromatic rings. The Kier molecular flexibility index (Phi) is 5.29. The van der Waals surface area contributed by atoms with Gasteiger partial charge in [-0.15, -0.1) is 0 Å². The van der Waals surface area contributed by atoms with Crippen LogP contribution in [0.5, 0.6) is 0 Å². The molecular weight excluding hydrogens is 534 g/mol. The number of pyridine rings is 1. The Morgan fingerprint density at radius 3 is 2.07 bits per heavy atom. The van der Waals surface area contributed by atoms with E-state index >= 15 is 0 Å². The van der Waals surface area contributed by atoms with Crippen LogP contribution in [0.2, 0.25) is 0 Å². The van der Waals surface area contributed by atoms with Gasteiger partial charge in [-0.05, 0) is 77.2 Å². The van der Waals surface area contributed by atoms with Crippen molar-refractivity contribution in [3.05, 3.63) is 143 Å². The maximum absolute atomic E-state index is 4.83. The maximum Gasteiger partial charge on any atom is 0.145 e. The van der Waals surface area contributed by atoms with Gasteiger partial charge in [0.1, 0.15) is 5.65 Å². The second kappa shape index (κ2) is 9.17. The summed E-state index contributed by atoms with van der Waals surface area (Å²) in [5.74, 6) is 0. The quantitative estimate of drug-likeness (QED) is 0.208. The number of fused-ring (bicyclic) bond motifs is 9. The Morgan fingerprint density at radius 2 is 1.34 bits per heavy atom. The van der Waals surface area contributed by atoms with E-state index in [1.807, 2.05) is 12.3 Å². The fraction of sp³-hybridized carbons (Fsp3) is 0.146. The van der Waals surface area contributed by atoms with Gasteiger partial charge >= 0.3 is 0 Å². The summed E-state index contributed by atoms with van der Waals surface area (Å²) < 4.78 is 4.83. The summed E-state index contributed by atoms with van der Waals surface area (Å²) in [5.41, 5.74) is 15.3. The summed E-state index contributed by atoms with van der Waals surface area (Å²) in [5, 5.41) is 3.74. The van der Waals surface area contributed by atoms with E-state index in [4.69, 9.17) is 4.98 Å². The number of para-hydroxylation sites is 2. The predicted octanol–water partition coefficient (Wildman–Crippen LogP) is 10.3. The molecule has 0 amide bonds. The molecule has 212 valence electrons. The first-order chi connectivity index (χ1) is 21.5. The molecule has 0 radical (unpaired) electrons. The Hall–Kier alpha value is -5.15. The zero-order chi connectivity index (χ0) is 29.6. The van der Waals surface area contributed by atoms with Crippen molar-refractivity contribution in [3.63, 3.8) is 0 Å². The molecule has 3 aromatic heterocycles. The molecule has 2 aliphatic rings. The Labute approximate surface area is 257 Å². The normalized spacial score (nSPS) is 14.9. The number of hydrogen-bond donors (Lipinski definition) is 0. The van der Waals surface area contributed by atoms with E-state index in [0.717, 1.165) is 24.2 Å². The first-order valence-corrected chi connectivity index (χ1v) is 15.7. The van der Waals surface area contributed by atoms with E-state index in [9.17, 15) is 0 Å². The van der Waals surface area contributed by atoms with Crippen molar-refractivity contribution < 1.29 is 0 Å². The van der Waals surface area contributed by atoms with Gasteiger partial charge in [0.05, 0.1) is 11.0 Å². The zero-order valence-electron chi connectivity index (χ0n) is 25.3. The number of nitrogens with zero attached hydrogens (tertiary/aromatic N) is 3. The summed E-state index contributed by atoms with van der Waals surface area (Å²) in [4.78, 5) is 4.83. The van der Waals surface area contributed by atoms with E-state index in [2.05, 4.69) is 139 Å². The van der Waals surface area contributed by atoms with Gasteiger partial charge in [0.2, 0.25) is 0 Å². The molecule has 0 spiro atoms. The number of benzene rings is 4. The van der Waals surface area contributed by atoms with Crippen molar-refractivity contribution in [3.8, 4) is 22.5 Å². The third-order valence-corrected chi connectivity index (χ3v) is 10.1. The van der Waals surface area contributed by atoms with Crippen LogP contribution in [0.25, 0.3) is 61.4 Å². The molecule has 3 heteroatoms. The van der Waals surface area contributed by atoms with Crippen LogP contribution in [0, 0.1) is 0 Å². The fourth-order valence-corrected chi connectivity index (χ4v) is 7.82. The molecule has 0 N–H and O–H groups in total. The molecule has 0 fully saturated rings. The summed E-state index contributed by atoms with van der Waals surface area (Å²) >= 11 is 0. The largest absolute Gasteiger partial charge is 0.313 e. The molecule has 0 saturated carbocycles. The first-order valence-electron chi connectivity index (χ1n) is 15.7. The Balaban J connectivity index is 1.22. The van der Waals surface area contributed by atoms with Crippen LogP contribution in [-0.4, -0.2) is 14.1 Å². The van der Waals surface area contributed by atoms with E-state index in [1.165, 1.54) is 72.0 Å². The molecule has 9 rings (SSSR count). The smallest absolute Gasteiger partial charge is 0.145 e. The minimum atomic E-state index is -0.156. The van der Waals surface area contributed by atoms with Crippen molar-refractivity contribution in [1.82, 2.24) is 14.1 Å². The highest BCUT2D eigenvalue weighted by atomic mass is 15.0. The van der Waals surface area contributed by atoms with Crippen LogP contribution >= 0.6 is 0 Å². The van der Waals surface area contributed by atoms with Crippen LogP contribution in [0.15, 0.2) is 121 Å². The van der Waals surface area contributed by atoms with Gasteiger partial charge in [0.15, 0.2) is 0 Å². The second-order valence-corrected chi connectivity index (χ2v) is 12.7. The molecule has 44 heavy (non-hydrogen) atoms. The minimum absolute atomic E-state index is 0.156. The van der Waals surface area contributed by atoms with Crippen molar-refractivity contribution in [1.29, 1.82) is 0 Å². The lowest BCUT2D eigenvalue weighted by Gasteiger charge is -2.23. The van der Waals surface area contributed by atoms with Gasteiger partial charge in [-0.1, -0.05) is 93.1 Å². The molecule has 3 heterocycles. The minimum Gasteiger partial charge on any atom is -0.313 e. The highest BCUT2D eigenvalue weighted by molar-refractivity contribution is 6.07. The number of allylic oxidation sites excluding steroid dienone is 3. The molecule has 0 unspecified atom stereocenters. The molecule has 0 aliphatic heterocycles. The lowest BCUT2D eigenvalue weighted by molar-refractivity contribution is 0.659. The third-order valence-electron chi connectivity index (χ3n) is 10.1. The third kappa shape index (κ3) is 3.41. The van der Waals surface area contributed by atoms with E-state index in [1.54, 1.807) is 0 Å². The summed E-state index contributed by atoms with van der Waals surface area (Å²) in [6.07, 6.45) is 10.7. The molecule has 0 saturated heterocycles. The molecule has 3 nitrogen and oxygen atoms in total. The Bertz CT molecular complexity index is 2320. The summed E-state index contributed by atoms with van der Waals surface area (Å²) in [6.45, 7) is 7.02. The molecule has 0 atom stereocenters. The number of rotatable bonds is 3. The highest BCUT2D eigenvalue weighted by Crippen LogP contribution is 2.50. The highest BCUT2D eigenvalue weighted by Gasteiger charge is 2.36. The lowest BCUT2D eigenvalue weighted by atomic mass is 9.82. The average molecular weight is 568 g/mol. The van der Waals surface area contributed by atoms with Gasteiger partial charge < -0.3 is 4.57 Å². The van der Waals surface area contributed by atoms with Crippen molar-refractivity contribution in [2.45, 2.75) is 39.0 Å².